The number of carbonyl (C=O) groups excluding carboxylic acids is 1. The molecule has 0 saturated heterocycles. The summed E-state index contributed by atoms with van der Waals surface area (Å²) in [5.74, 6) is 0.736. The van der Waals surface area contributed by atoms with Gasteiger partial charge in [-0.25, -0.2) is 4.79 Å². The summed E-state index contributed by atoms with van der Waals surface area (Å²) in [6.07, 6.45) is 2.54. The number of ether oxygens (including phenoxy) is 1. The van der Waals surface area contributed by atoms with Crippen LogP contribution in [0.4, 0.5) is 4.79 Å². The molecule has 1 aliphatic rings. The third-order valence-corrected chi connectivity index (χ3v) is 3.93. The van der Waals surface area contributed by atoms with Crippen molar-refractivity contribution in [3.63, 3.8) is 0 Å². The van der Waals surface area contributed by atoms with Gasteiger partial charge in [0.05, 0.1) is 19.3 Å². The zero-order valence-electron chi connectivity index (χ0n) is 12.8. The standard InChI is InChI=1S/C16H23ClN2O3/c1-2-7-19(8-9-20)16(21)18-14-4-3-10-22-15-11-12(17)5-6-13(14)15/h5-6,11,14,20H,2-4,7-10H2,1H3,(H,18,21). The minimum absolute atomic E-state index is 0.0343. The second-order valence-electron chi connectivity index (χ2n) is 5.39. The third kappa shape index (κ3) is 4.27. The minimum Gasteiger partial charge on any atom is -0.493 e. The Morgan fingerprint density at radius 3 is 3.05 bits per heavy atom. The van der Waals surface area contributed by atoms with Crippen molar-refractivity contribution in [2.24, 2.45) is 0 Å². The number of carbonyl (C=O) groups is 1. The first kappa shape index (κ1) is 16.9. The van der Waals surface area contributed by atoms with Crippen LogP contribution in [-0.2, 0) is 0 Å². The Kier molecular flexibility index (Phi) is 6.34. The molecule has 1 aliphatic heterocycles. The molecule has 1 aromatic rings. The molecule has 1 unspecified atom stereocenters. The van der Waals surface area contributed by atoms with E-state index in [-0.39, 0.29) is 18.7 Å². The quantitative estimate of drug-likeness (QED) is 0.874. The first-order valence-corrected chi connectivity index (χ1v) is 8.12. The van der Waals surface area contributed by atoms with Crippen molar-refractivity contribution < 1.29 is 14.6 Å². The summed E-state index contributed by atoms with van der Waals surface area (Å²) in [6.45, 7) is 3.57. The normalized spacial score (nSPS) is 17.1. The van der Waals surface area contributed by atoms with Gasteiger partial charge in [0, 0.05) is 23.7 Å². The molecule has 5 nitrogen and oxygen atoms in total. The van der Waals surface area contributed by atoms with Crippen LogP contribution in [0.25, 0.3) is 0 Å². The molecule has 0 aromatic heterocycles. The van der Waals surface area contributed by atoms with Crippen molar-refractivity contribution >= 4 is 17.6 Å². The van der Waals surface area contributed by atoms with Gasteiger partial charge < -0.3 is 20.1 Å². The zero-order chi connectivity index (χ0) is 15.9. The molecule has 2 N–H and O–H groups in total. The number of halogens is 1. The molecule has 0 aliphatic carbocycles. The van der Waals surface area contributed by atoms with E-state index >= 15 is 0 Å². The van der Waals surface area contributed by atoms with Gasteiger partial charge in [0.25, 0.3) is 0 Å². The maximum absolute atomic E-state index is 12.4. The van der Waals surface area contributed by atoms with E-state index < -0.39 is 0 Å². The molecule has 1 atom stereocenters. The number of fused-ring (bicyclic) bond motifs is 1. The highest BCUT2D eigenvalue weighted by atomic mass is 35.5. The van der Waals surface area contributed by atoms with Gasteiger partial charge in [0.1, 0.15) is 5.75 Å². The van der Waals surface area contributed by atoms with E-state index in [9.17, 15) is 4.79 Å². The average molecular weight is 327 g/mol. The first-order chi connectivity index (χ1) is 10.7. The topological polar surface area (TPSA) is 61.8 Å². The van der Waals surface area contributed by atoms with Gasteiger partial charge >= 0.3 is 6.03 Å². The summed E-state index contributed by atoms with van der Waals surface area (Å²) in [4.78, 5) is 14.1. The zero-order valence-corrected chi connectivity index (χ0v) is 13.6. The average Bonchev–Trinajstić information content (AvgIpc) is 2.69. The van der Waals surface area contributed by atoms with Crippen LogP contribution in [-0.4, -0.2) is 42.3 Å². The molecule has 2 rings (SSSR count). The SMILES string of the molecule is CCCN(CCO)C(=O)NC1CCCOc2cc(Cl)ccc21. The lowest BCUT2D eigenvalue weighted by molar-refractivity contribution is 0.173. The molecule has 6 heteroatoms. The number of aliphatic hydroxyl groups is 1. The smallest absolute Gasteiger partial charge is 0.317 e. The number of nitrogens with one attached hydrogen (secondary N) is 1. The number of benzene rings is 1. The number of amides is 2. The fourth-order valence-electron chi connectivity index (χ4n) is 2.64. The summed E-state index contributed by atoms with van der Waals surface area (Å²) < 4.78 is 5.71. The Balaban J connectivity index is 2.13. The van der Waals surface area contributed by atoms with Gasteiger partial charge in [-0.2, -0.15) is 0 Å². The lowest BCUT2D eigenvalue weighted by Crippen LogP contribution is -2.43. The van der Waals surface area contributed by atoms with Crippen LogP contribution in [0.1, 0.15) is 37.8 Å². The van der Waals surface area contributed by atoms with E-state index in [4.69, 9.17) is 21.4 Å². The summed E-state index contributed by atoms with van der Waals surface area (Å²) in [6, 6.07) is 5.26. The van der Waals surface area contributed by atoms with E-state index in [1.54, 1.807) is 11.0 Å². The minimum atomic E-state index is -0.149. The second-order valence-corrected chi connectivity index (χ2v) is 5.82. The number of hydrogen-bond donors (Lipinski definition) is 2. The Morgan fingerprint density at radius 1 is 1.50 bits per heavy atom. The molecule has 22 heavy (non-hydrogen) atoms. The van der Waals surface area contributed by atoms with Gasteiger partial charge in [-0.3, -0.25) is 0 Å². The maximum Gasteiger partial charge on any atom is 0.317 e. The molecule has 0 fully saturated rings. The molecular weight excluding hydrogens is 304 g/mol. The predicted octanol–water partition coefficient (Wildman–Crippen LogP) is 2.97. The van der Waals surface area contributed by atoms with E-state index in [0.29, 0.717) is 24.7 Å². The second kappa shape index (κ2) is 8.25. The molecule has 0 radical (unpaired) electrons. The van der Waals surface area contributed by atoms with Gasteiger partial charge in [-0.1, -0.05) is 24.6 Å². The highest BCUT2D eigenvalue weighted by molar-refractivity contribution is 6.30. The van der Waals surface area contributed by atoms with Crippen LogP contribution >= 0.6 is 11.6 Å². The summed E-state index contributed by atoms with van der Waals surface area (Å²) >= 11 is 6.01. The monoisotopic (exact) mass is 326 g/mol. The molecule has 0 bridgehead atoms. The van der Waals surface area contributed by atoms with Crippen molar-refractivity contribution in [2.75, 3.05) is 26.3 Å². The molecule has 2 amide bonds. The number of rotatable bonds is 5. The predicted molar refractivity (Wildman–Crippen MR) is 86.4 cm³/mol. The number of aliphatic hydroxyl groups excluding tert-OH is 1. The first-order valence-electron chi connectivity index (χ1n) is 7.74. The maximum atomic E-state index is 12.4. The molecule has 122 valence electrons. The molecule has 0 spiro atoms. The Hall–Kier alpha value is -1.46. The van der Waals surface area contributed by atoms with Gasteiger partial charge in [-0.05, 0) is 31.4 Å². The highest BCUT2D eigenvalue weighted by Gasteiger charge is 2.23. The fraction of sp³-hybridized carbons (Fsp3) is 0.562. The number of urea groups is 1. The largest absolute Gasteiger partial charge is 0.493 e. The summed E-state index contributed by atoms with van der Waals surface area (Å²) in [5, 5.41) is 12.8. The van der Waals surface area contributed by atoms with Crippen LogP contribution in [0.3, 0.4) is 0 Å². The molecular formula is C16H23ClN2O3. The molecule has 0 saturated carbocycles. The molecule has 1 aromatic carbocycles. The van der Waals surface area contributed by atoms with Crippen LogP contribution in [0, 0.1) is 0 Å². The lowest BCUT2D eigenvalue weighted by atomic mass is 10.0. The van der Waals surface area contributed by atoms with Gasteiger partial charge in [0.15, 0.2) is 0 Å². The molecule has 1 heterocycles. The van der Waals surface area contributed by atoms with E-state index in [1.165, 1.54) is 0 Å². The van der Waals surface area contributed by atoms with E-state index in [0.717, 1.165) is 30.6 Å². The van der Waals surface area contributed by atoms with Crippen LogP contribution < -0.4 is 10.1 Å². The van der Waals surface area contributed by atoms with E-state index in [2.05, 4.69) is 5.32 Å². The fourth-order valence-corrected chi connectivity index (χ4v) is 2.80. The van der Waals surface area contributed by atoms with Crippen molar-refractivity contribution in [2.45, 2.75) is 32.2 Å². The highest BCUT2D eigenvalue weighted by Crippen LogP contribution is 2.33. The summed E-state index contributed by atoms with van der Waals surface area (Å²) in [7, 11) is 0. The van der Waals surface area contributed by atoms with Crippen LogP contribution in [0.15, 0.2) is 18.2 Å². The van der Waals surface area contributed by atoms with Crippen LogP contribution in [0.5, 0.6) is 5.75 Å². The van der Waals surface area contributed by atoms with Crippen molar-refractivity contribution in [1.82, 2.24) is 10.2 Å². The van der Waals surface area contributed by atoms with Gasteiger partial charge in [-0.15, -0.1) is 0 Å². The van der Waals surface area contributed by atoms with Crippen molar-refractivity contribution in [3.8, 4) is 5.75 Å². The summed E-state index contributed by atoms with van der Waals surface area (Å²) in [5.41, 5.74) is 0.954. The third-order valence-electron chi connectivity index (χ3n) is 3.69. The van der Waals surface area contributed by atoms with E-state index in [1.807, 2.05) is 19.1 Å². The Bertz CT molecular complexity index is 504. The Morgan fingerprint density at radius 2 is 2.32 bits per heavy atom. The van der Waals surface area contributed by atoms with Crippen molar-refractivity contribution in [1.29, 1.82) is 0 Å². The number of hydrogen-bond acceptors (Lipinski definition) is 3. The van der Waals surface area contributed by atoms with Gasteiger partial charge in [0.2, 0.25) is 0 Å². The number of nitrogens with zero attached hydrogens (tertiary/aromatic N) is 1. The lowest BCUT2D eigenvalue weighted by Gasteiger charge is -2.25. The Labute approximate surface area is 136 Å². The van der Waals surface area contributed by atoms with Crippen LogP contribution in [0.2, 0.25) is 5.02 Å². The van der Waals surface area contributed by atoms with Crippen molar-refractivity contribution in [3.05, 3.63) is 28.8 Å².